The number of para-hydroxylation sites is 1. The Labute approximate surface area is 204 Å². The molecule has 0 saturated heterocycles. The third kappa shape index (κ3) is 6.97. The number of carbonyl (C=O) groups excluding carboxylic acids is 2. The third-order valence-corrected chi connectivity index (χ3v) is 6.32. The number of carbonyl (C=O) groups is 2. The van der Waals surface area contributed by atoms with Crippen molar-refractivity contribution in [2.75, 3.05) is 33.4 Å². The van der Waals surface area contributed by atoms with Crippen LogP contribution in [0.25, 0.3) is 10.9 Å². The Balaban J connectivity index is 1.76. The lowest BCUT2D eigenvalue weighted by Crippen LogP contribution is -2.43. The van der Waals surface area contributed by atoms with Crippen molar-refractivity contribution in [1.29, 1.82) is 0 Å². The number of halogens is 2. The number of hydrogen-bond acceptors (Lipinski definition) is 3. The first-order valence-corrected chi connectivity index (χ1v) is 11.7. The van der Waals surface area contributed by atoms with Crippen LogP contribution in [0.1, 0.15) is 24.5 Å². The Bertz CT molecular complexity index is 1100. The Morgan fingerprint density at radius 1 is 1.03 bits per heavy atom. The van der Waals surface area contributed by atoms with Gasteiger partial charge < -0.3 is 19.5 Å². The number of amides is 2. The van der Waals surface area contributed by atoms with Crippen molar-refractivity contribution < 1.29 is 14.3 Å². The van der Waals surface area contributed by atoms with Crippen molar-refractivity contribution >= 4 is 45.9 Å². The van der Waals surface area contributed by atoms with Gasteiger partial charge in [0, 0.05) is 57.4 Å². The number of nitrogens with one attached hydrogen (secondary N) is 1. The number of methoxy groups -OCH3 is 1. The topological polar surface area (TPSA) is 65.6 Å². The van der Waals surface area contributed by atoms with Crippen molar-refractivity contribution in [2.24, 2.45) is 0 Å². The van der Waals surface area contributed by atoms with Crippen LogP contribution in [-0.4, -0.2) is 59.9 Å². The lowest BCUT2D eigenvalue weighted by molar-refractivity contribution is -0.140. The number of hydrogen-bond donors (Lipinski definition) is 1. The average Bonchev–Trinajstić information content (AvgIpc) is 3.21. The van der Waals surface area contributed by atoms with E-state index in [2.05, 4.69) is 11.1 Å². The lowest BCUT2D eigenvalue weighted by Gasteiger charge is -2.27. The Morgan fingerprint density at radius 2 is 1.82 bits per heavy atom. The average molecular weight is 490 g/mol. The highest BCUT2D eigenvalue weighted by molar-refractivity contribution is 6.42. The van der Waals surface area contributed by atoms with Crippen molar-refractivity contribution in [3.8, 4) is 0 Å². The number of nitrogens with zero attached hydrogens (tertiary/aromatic N) is 2. The standard InChI is InChI=1S/C25H29Cl2N3O3/c1-18(31)29(11-5-13-33-2)17-25(32)30(16-19-8-9-22(26)23(27)14-19)12-10-20-15-28-24-7-4-3-6-21(20)24/h3-4,6-9,14-15,28H,5,10-13,16-17H2,1-2H3. The summed E-state index contributed by atoms with van der Waals surface area (Å²) in [6, 6.07) is 13.5. The molecule has 0 bridgehead atoms. The van der Waals surface area contributed by atoms with Crippen LogP contribution in [0.5, 0.6) is 0 Å². The SMILES string of the molecule is COCCCN(CC(=O)N(CCc1c[nH]c2ccccc12)Cc1ccc(Cl)c(Cl)c1)C(C)=O. The molecule has 1 aromatic heterocycles. The van der Waals surface area contributed by atoms with Gasteiger partial charge in [0.15, 0.2) is 0 Å². The zero-order valence-electron chi connectivity index (χ0n) is 18.9. The molecule has 1 N–H and O–H groups in total. The molecule has 0 aliphatic rings. The summed E-state index contributed by atoms with van der Waals surface area (Å²) in [7, 11) is 1.62. The molecular weight excluding hydrogens is 461 g/mol. The van der Waals surface area contributed by atoms with Crippen LogP contribution in [0.3, 0.4) is 0 Å². The van der Waals surface area contributed by atoms with E-state index in [1.165, 1.54) is 6.92 Å². The summed E-state index contributed by atoms with van der Waals surface area (Å²) in [6.45, 7) is 3.39. The maximum atomic E-state index is 13.3. The molecule has 0 spiro atoms. The molecule has 0 unspecified atom stereocenters. The van der Waals surface area contributed by atoms with Gasteiger partial charge >= 0.3 is 0 Å². The monoisotopic (exact) mass is 489 g/mol. The first kappa shape index (κ1) is 25.1. The van der Waals surface area contributed by atoms with Crippen LogP contribution < -0.4 is 0 Å². The van der Waals surface area contributed by atoms with Gasteiger partial charge in [-0.3, -0.25) is 9.59 Å². The quantitative estimate of drug-likeness (QED) is 0.388. The van der Waals surface area contributed by atoms with E-state index in [9.17, 15) is 9.59 Å². The number of ether oxygens (including phenoxy) is 1. The highest BCUT2D eigenvalue weighted by Gasteiger charge is 2.20. The molecule has 2 aromatic carbocycles. The van der Waals surface area contributed by atoms with Crippen molar-refractivity contribution in [1.82, 2.24) is 14.8 Å². The number of aromatic amines is 1. The maximum Gasteiger partial charge on any atom is 0.242 e. The van der Waals surface area contributed by atoms with Crippen LogP contribution in [0.15, 0.2) is 48.7 Å². The second kappa shape index (κ2) is 12.1. The number of benzene rings is 2. The highest BCUT2D eigenvalue weighted by atomic mass is 35.5. The summed E-state index contributed by atoms with van der Waals surface area (Å²) in [5.41, 5.74) is 3.09. The number of aromatic nitrogens is 1. The van der Waals surface area contributed by atoms with Gasteiger partial charge in [0.1, 0.15) is 0 Å². The van der Waals surface area contributed by atoms with Gasteiger partial charge in [-0.2, -0.15) is 0 Å². The minimum atomic E-state index is -0.134. The maximum absolute atomic E-state index is 13.3. The molecule has 3 aromatic rings. The fourth-order valence-electron chi connectivity index (χ4n) is 3.76. The van der Waals surface area contributed by atoms with Crippen molar-refractivity contribution in [3.63, 3.8) is 0 Å². The van der Waals surface area contributed by atoms with Gasteiger partial charge in [0.05, 0.1) is 16.6 Å². The molecule has 8 heteroatoms. The number of rotatable bonds is 11. The number of fused-ring (bicyclic) bond motifs is 1. The molecule has 0 saturated carbocycles. The summed E-state index contributed by atoms with van der Waals surface area (Å²) in [4.78, 5) is 32.0. The van der Waals surface area contributed by atoms with E-state index in [0.29, 0.717) is 49.1 Å². The molecule has 3 rings (SSSR count). The minimum Gasteiger partial charge on any atom is -0.385 e. The summed E-state index contributed by atoms with van der Waals surface area (Å²) in [5.74, 6) is -0.251. The predicted molar refractivity (Wildman–Crippen MR) is 133 cm³/mol. The molecule has 176 valence electrons. The van der Waals surface area contributed by atoms with Gasteiger partial charge in [-0.15, -0.1) is 0 Å². The van der Waals surface area contributed by atoms with E-state index in [-0.39, 0.29) is 18.4 Å². The van der Waals surface area contributed by atoms with E-state index in [1.807, 2.05) is 30.5 Å². The predicted octanol–water partition coefficient (Wildman–Crippen LogP) is 4.93. The van der Waals surface area contributed by atoms with Crippen LogP contribution in [-0.2, 0) is 27.3 Å². The second-order valence-electron chi connectivity index (χ2n) is 7.96. The van der Waals surface area contributed by atoms with E-state index in [0.717, 1.165) is 22.0 Å². The van der Waals surface area contributed by atoms with Gasteiger partial charge in [-0.25, -0.2) is 0 Å². The molecule has 0 aliphatic carbocycles. The van der Waals surface area contributed by atoms with Crippen molar-refractivity contribution in [3.05, 3.63) is 69.8 Å². The fraction of sp³-hybridized carbons (Fsp3) is 0.360. The minimum absolute atomic E-state index is 0.0221. The Kier molecular flexibility index (Phi) is 9.18. The normalized spacial score (nSPS) is 11.0. The van der Waals surface area contributed by atoms with E-state index >= 15 is 0 Å². The molecule has 0 radical (unpaired) electrons. The molecule has 2 amide bonds. The van der Waals surface area contributed by atoms with Gasteiger partial charge in [0.25, 0.3) is 0 Å². The van der Waals surface area contributed by atoms with E-state index in [1.54, 1.807) is 29.0 Å². The smallest absolute Gasteiger partial charge is 0.242 e. The first-order valence-electron chi connectivity index (χ1n) is 10.9. The van der Waals surface area contributed by atoms with Crippen LogP contribution in [0.4, 0.5) is 0 Å². The molecule has 6 nitrogen and oxygen atoms in total. The fourth-order valence-corrected chi connectivity index (χ4v) is 4.08. The molecule has 0 atom stereocenters. The van der Waals surface area contributed by atoms with Crippen LogP contribution in [0, 0.1) is 0 Å². The lowest BCUT2D eigenvalue weighted by atomic mass is 10.1. The molecule has 33 heavy (non-hydrogen) atoms. The van der Waals surface area contributed by atoms with E-state index in [4.69, 9.17) is 27.9 Å². The molecule has 0 aliphatic heterocycles. The summed E-state index contributed by atoms with van der Waals surface area (Å²) in [5, 5.41) is 2.06. The van der Waals surface area contributed by atoms with Crippen LogP contribution >= 0.6 is 23.2 Å². The zero-order chi connectivity index (χ0) is 23.8. The summed E-state index contributed by atoms with van der Waals surface area (Å²) in [6.07, 6.45) is 3.34. The summed E-state index contributed by atoms with van der Waals surface area (Å²) >= 11 is 12.3. The zero-order valence-corrected chi connectivity index (χ0v) is 20.5. The molecule has 0 fully saturated rings. The first-order chi connectivity index (χ1) is 15.9. The molecule has 1 heterocycles. The molecular formula is C25H29Cl2N3O3. The Hall–Kier alpha value is -2.54. The Morgan fingerprint density at radius 3 is 2.55 bits per heavy atom. The van der Waals surface area contributed by atoms with Gasteiger partial charge in [-0.05, 0) is 42.2 Å². The van der Waals surface area contributed by atoms with Gasteiger partial charge in [0.2, 0.25) is 11.8 Å². The van der Waals surface area contributed by atoms with Gasteiger partial charge in [-0.1, -0.05) is 47.5 Å². The third-order valence-electron chi connectivity index (χ3n) is 5.58. The van der Waals surface area contributed by atoms with E-state index < -0.39 is 0 Å². The summed E-state index contributed by atoms with van der Waals surface area (Å²) < 4.78 is 5.08. The highest BCUT2D eigenvalue weighted by Crippen LogP contribution is 2.24. The van der Waals surface area contributed by atoms with Crippen molar-refractivity contribution in [2.45, 2.75) is 26.3 Å². The largest absolute Gasteiger partial charge is 0.385 e. The number of H-pyrrole nitrogens is 1. The second-order valence-corrected chi connectivity index (χ2v) is 8.77. The van der Waals surface area contributed by atoms with Crippen LogP contribution in [0.2, 0.25) is 10.0 Å².